The van der Waals surface area contributed by atoms with Crippen molar-refractivity contribution in [2.24, 2.45) is 0 Å². The molecule has 0 aliphatic carbocycles. The summed E-state index contributed by atoms with van der Waals surface area (Å²) in [7, 11) is 0. The molecule has 1 aromatic carbocycles. The van der Waals surface area contributed by atoms with E-state index in [0.717, 1.165) is 66.7 Å². The highest BCUT2D eigenvalue weighted by Crippen LogP contribution is 2.22. The van der Waals surface area contributed by atoms with E-state index in [1.807, 2.05) is 43.3 Å². The van der Waals surface area contributed by atoms with E-state index in [-0.39, 0.29) is 0 Å². The van der Waals surface area contributed by atoms with Crippen LogP contribution in [0.4, 0.5) is 0 Å². The lowest BCUT2D eigenvalue weighted by molar-refractivity contribution is 0.0410. The second kappa shape index (κ2) is 9.96. The van der Waals surface area contributed by atoms with Gasteiger partial charge in [0.25, 0.3) is 0 Å². The Hall–Kier alpha value is -2.29. The minimum atomic E-state index is 0.364. The minimum Gasteiger partial charge on any atom is -0.485 e. The highest BCUT2D eigenvalue weighted by Gasteiger charge is 2.16. The maximum Gasteiger partial charge on any atom is 0.191 e. The highest BCUT2D eigenvalue weighted by atomic mass is 32.2. The Balaban J connectivity index is 1.43. The van der Waals surface area contributed by atoms with Crippen LogP contribution in [0, 0.1) is 6.92 Å². The lowest BCUT2D eigenvalue weighted by atomic mass is 10.2. The molecule has 29 heavy (non-hydrogen) atoms. The summed E-state index contributed by atoms with van der Waals surface area (Å²) >= 11 is 1.72. The monoisotopic (exact) mass is 414 g/mol. The van der Waals surface area contributed by atoms with Crippen molar-refractivity contribution in [3.8, 4) is 5.75 Å². The summed E-state index contributed by atoms with van der Waals surface area (Å²) in [5, 5.41) is 9.71. The molecule has 1 saturated heterocycles. The molecule has 1 aliphatic heterocycles. The van der Waals surface area contributed by atoms with E-state index < -0.39 is 0 Å². The summed E-state index contributed by atoms with van der Waals surface area (Å²) < 4.78 is 19.1. The van der Waals surface area contributed by atoms with Gasteiger partial charge in [-0.25, -0.2) is 0 Å². The van der Waals surface area contributed by atoms with Gasteiger partial charge in [-0.05, 0) is 30.7 Å². The number of furan rings is 1. The zero-order valence-corrected chi connectivity index (χ0v) is 17.4. The first-order valence-corrected chi connectivity index (χ1v) is 10.8. The molecule has 0 saturated carbocycles. The van der Waals surface area contributed by atoms with E-state index in [0.29, 0.717) is 13.2 Å². The Morgan fingerprint density at radius 1 is 1.10 bits per heavy atom. The summed E-state index contributed by atoms with van der Waals surface area (Å²) in [4.78, 5) is 2.42. The van der Waals surface area contributed by atoms with Crippen molar-refractivity contribution in [3.63, 3.8) is 0 Å². The molecule has 154 valence electrons. The Labute approximate surface area is 175 Å². The molecule has 0 unspecified atom stereocenters. The van der Waals surface area contributed by atoms with Crippen LogP contribution in [0.5, 0.6) is 5.75 Å². The fourth-order valence-electron chi connectivity index (χ4n) is 3.20. The van der Waals surface area contributed by atoms with Gasteiger partial charge in [0.05, 0.1) is 26.0 Å². The quantitative estimate of drug-likeness (QED) is 0.498. The zero-order chi connectivity index (χ0) is 19.9. The molecule has 3 aromatic rings. The molecule has 0 amide bonds. The summed E-state index contributed by atoms with van der Waals surface area (Å²) in [6.45, 7) is 7.63. The number of benzene rings is 1. The normalized spacial score (nSPS) is 14.9. The first-order valence-electron chi connectivity index (χ1n) is 9.85. The van der Waals surface area contributed by atoms with Gasteiger partial charge in [0.1, 0.15) is 18.1 Å². The SMILES string of the molecule is Cc1ccccc1OCc1nnc(SCCN2CCOCC2)n1Cc1ccco1. The van der Waals surface area contributed by atoms with Gasteiger partial charge in [-0.3, -0.25) is 9.47 Å². The average Bonchev–Trinajstić information content (AvgIpc) is 3.39. The van der Waals surface area contributed by atoms with Crippen molar-refractivity contribution in [2.75, 3.05) is 38.6 Å². The van der Waals surface area contributed by atoms with Crippen molar-refractivity contribution < 1.29 is 13.9 Å². The number of aryl methyl sites for hydroxylation is 1. The average molecular weight is 415 g/mol. The van der Waals surface area contributed by atoms with Crippen LogP contribution in [0.15, 0.2) is 52.2 Å². The Morgan fingerprint density at radius 2 is 1.97 bits per heavy atom. The molecule has 8 heteroatoms. The Kier molecular flexibility index (Phi) is 6.87. The molecular weight excluding hydrogens is 388 g/mol. The molecule has 0 spiro atoms. The second-order valence-electron chi connectivity index (χ2n) is 6.92. The van der Waals surface area contributed by atoms with E-state index >= 15 is 0 Å². The lowest BCUT2D eigenvalue weighted by Gasteiger charge is -2.26. The van der Waals surface area contributed by atoms with Crippen molar-refractivity contribution >= 4 is 11.8 Å². The first kappa shape index (κ1) is 20.0. The summed E-state index contributed by atoms with van der Waals surface area (Å²) in [5.74, 6) is 3.48. The predicted octanol–water partition coefficient (Wildman–Crippen LogP) is 3.23. The molecule has 0 radical (unpaired) electrons. The van der Waals surface area contributed by atoms with Crippen molar-refractivity contribution in [1.82, 2.24) is 19.7 Å². The number of ether oxygens (including phenoxy) is 2. The van der Waals surface area contributed by atoms with Gasteiger partial charge < -0.3 is 13.9 Å². The van der Waals surface area contributed by atoms with E-state index in [1.165, 1.54) is 0 Å². The van der Waals surface area contributed by atoms with E-state index in [4.69, 9.17) is 13.9 Å². The van der Waals surface area contributed by atoms with Crippen LogP contribution in [0.25, 0.3) is 0 Å². The van der Waals surface area contributed by atoms with Crippen molar-refractivity contribution in [2.45, 2.75) is 25.2 Å². The number of nitrogens with zero attached hydrogens (tertiary/aromatic N) is 4. The van der Waals surface area contributed by atoms with Gasteiger partial charge in [-0.15, -0.1) is 10.2 Å². The number of para-hydroxylation sites is 1. The second-order valence-corrected chi connectivity index (χ2v) is 7.98. The maximum absolute atomic E-state index is 6.01. The molecule has 0 atom stereocenters. The summed E-state index contributed by atoms with van der Waals surface area (Å²) in [5.41, 5.74) is 1.10. The molecule has 7 nitrogen and oxygen atoms in total. The molecule has 4 rings (SSSR count). The number of hydrogen-bond donors (Lipinski definition) is 0. The van der Waals surface area contributed by atoms with Crippen molar-refractivity contribution in [3.05, 3.63) is 59.8 Å². The predicted molar refractivity (Wildman–Crippen MR) is 111 cm³/mol. The molecule has 1 aliphatic rings. The van der Waals surface area contributed by atoms with Gasteiger partial charge in [-0.2, -0.15) is 0 Å². The van der Waals surface area contributed by atoms with Crippen molar-refractivity contribution in [1.29, 1.82) is 0 Å². The lowest BCUT2D eigenvalue weighted by Crippen LogP contribution is -2.37. The molecule has 0 bridgehead atoms. The molecular formula is C21H26N4O3S. The van der Waals surface area contributed by atoms with E-state index in [1.54, 1.807) is 18.0 Å². The van der Waals surface area contributed by atoms with Crippen LogP contribution in [0.3, 0.4) is 0 Å². The largest absolute Gasteiger partial charge is 0.485 e. The van der Waals surface area contributed by atoms with Crippen LogP contribution in [0.1, 0.15) is 17.1 Å². The number of hydrogen-bond acceptors (Lipinski definition) is 7. The zero-order valence-electron chi connectivity index (χ0n) is 16.6. The molecule has 2 aromatic heterocycles. The number of aromatic nitrogens is 3. The summed E-state index contributed by atoms with van der Waals surface area (Å²) in [6, 6.07) is 11.9. The minimum absolute atomic E-state index is 0.364. The third kappa shape index (κ3) is 5.41. The Bertz CT molecular complexity index is 891. The van der Waals surface area contributed by atoms with E-state index in [2.05, 4.69) is 19.7 Å². The Morgan fingerprint density at radius 3 is 2.76 bits per heavy atom. The topological polar surface area (TPSA) is 65.6 Å². The van der Waals surface area contributed by atoms with E-state index in [9.17, 15) is 0 Å². The summed E-state index contributed by atoms with van der Waals surface area (Å²) in [6.07, 6.45) is 1.69. The van der Waals surface area contributed by atoms with Crippen LogP contribution < -0.4 is 4.74 Å². The van der Waals surface area contributed by atoms with Gasteiger partial charge in [0.2, 0.25) is 0 Å². The smallest absolute Gasteiger partial charge is 0.191 e. The maximum atomic E-state index is 6.01. The van der Waals surface area contributed by atoms with Gasteiger partial charge in [0.15, 0.2) is 11.0 Å². The first-order chi connectivity index (χ1) is 14.3. The van der Waals surface area contributed by atoms with Crippen LogP contribution >= 0.6 is 11.8 Å². The van der Waals surface area contributed by atoms with Gasteiger partial charge in [0, 0.05) is 25.4 Å². The van der Waals surface area contributed by atoms with Gasteiger partial charge >= 0.3 is 0 Å². The molecule has 0 N–H and O–H groups in total. The van der Waals surface area contributed by atoms with Crippen LogP contribution in [0.2, 0.25) is 0 Å². The third-order valence-electron chi connectivity index (χ3n) is 4.88. The fraction of sp³-hybridized carbons (Fsp3) is 0.429. The third-order valence-corrected chi connectivity index (χ3v) is 5.83. The number of thioether (sulfide) groups is 1. The highest BCUT2D eigenvalue weighted by molar-refractivity contribution is 7.99. The molecule has 3 heterocycles. The number of rotatable bonds is 9. The van der Waals surface area contributed by atoms with Crippen LogP contribution in [-0.2, 0) is 17.9 Å². The fourth-order valence-corrected chi connectivity index (χ4v) is 4.16. The van der Waals surface area contributed by atoms with Crippen LogP contribution in [-0.4, -0.2) is 58.3 Å². The molecule has 1 fully saturated rings. The standard InChI is InChI=1S/C21H26N4O3S/c1-17-5-2-3-7-19(17)28-16-20-22-23-21(25(20)15-18-6-4-11-27-18)29-14-10-24-8-12-26-13-9-24/h2-7,11H,8-10,12-16H2,1H3. The number of morpholine rings is 1. The van der Waals surface area contributed by atoms with Gasteiger partial charge in [-0.1, -0.05) is 30.0 Å².